The van der Waals surface area contributed by atoms with Crippen LogP contribution in [-0.4, -0.2) is 65.5 Å². The summed E-state index contributed by atoms with van der Waals surface area (Å²) in [6.45, 7) is 15.3. The predicted octanol–water partition coefficient (Wildman–Crippen LogP) is 4.32. The number of carbonyl (C=O) groups is 6. The Hall–Kier alpha value is -4.94. The van der Waals surface area contributed by atoms with E-state index in [1.165, 1.54) is 6.92 Å². The average molecular weight is 711 g/mol. The zero-order valence-corrected chi connectivity index (χ0v) is 31.2. The molecular formula is C38H54N4O9. The third-order valence-corrected chi connectivity index (χ3v) is 7.32. The molecule has 51 heavy (non-hydrogen) atoms. The Morgan fingerprint density at radius 3 is 1.63 bits per heavy atom. The Morgan fingerprint density at radius 2 is 1.14 bits per heavy atom. The fourth-order valence-electron chi connectivity index (χ4n) is 4.72. The number of hydrogen-bond donors (Lipinski definition) is 4. The first-order chi connectivity index (χ1) is 23.7. The van der Waals surface area contributed by atoms with E-state index >= 15 is 0 Å². The molecule has 4 atom stereocenters. The summed E-state index contributed by atoms with van der Waals surface area (Å²) in [7, 11) is 0. The van der Waals surface area contributed by atoms with Crippen LogP contribution in [0, 0.1) is 11.3 Å². The van der Waals surface area contributed by atoms with E-state index in [4.69, 9.17) is 14.2 Å². The van der Waals surface area contributed by atoms with Crippen LogP contribution in [0.15, 0.2) is 60.7 Å². The van der Waals surface area contributed by atoms with Crippen molar-refractivity contribution in [1.29, 1.82) is 0 Å². The van der Waals surface area contributed by atoms with Crippen LogP contribution in [0.5, 0.6) is 0 Å². The molecule has 4 amide bonds. The summed E-state index contributed by atoms with van der Waals surface area (Å²) in [4.78, 5) is 79.1. The lowest BCUT2D eigenvalue weighted by atomic mass is 9.86. The van der Waals surface area contributed by atoms with Crippen LogP contribution in [0.25, 0.3) is 0 Å². The zero-order valence-electron chi connectivity index (χ0n) is 31.2. The molecule has 2 aromatic carbocycles. The van der Waals surface area contributed by atoms with Gasteiger partial charge in [-0.05, 0) is 56.6 Å². The minimum Gasteiger partial charge on any atom is -0.461 e. The van der Waals surface area contributed by atoms with Gasteiger partial charge in [0.25, 0.3) is 0 Å². The summed E-state index contributed by atoms with van der Waals surface area (Å²) in [6, 6.07) is 13.1. The van der Waals surface area contributed by atoms with E-state index < -0.39 is 77.4 Å². The first-order valence-corrected chi connectivity index (χ1v) is 17.1. The van der Waals surface area contributed by atoms with Gasteiger partial charge in [0.1, 0.15) is 43.0 Å². The monoisotopic (exact) mass is 710 g/mol. The molecule has 2 rings (SSSR count). The van der Waals surface area contributed by atoms with Crippen molar-refractivity contribution >= 4 is 35.8 Å². The number of hydrogen-bond acceptors (Lipinski definition) is 9. The van der Waals surface area contributed by atoms with E-state index in [1.807, 2.05) is 38.1 Å². The standard InChI is InChI=1S/C38H54N4O9/c1-24(2)20-29(35(47)50-23-27-18-14-11-15-19-27)41-33(45)28(21-30(43)49-22-26-16-12-10-13-17-26)40-32(44)25(3)39-34(46)31(37(4,5)6)42-36(48)51-38(7,8)9/h10-19,24-25,28-29,31H,20-23H2,1-9H3,(H,39,46)(H,40,44)(H,41,45)(H,42,48)/t25-,28-,29-,31+/m0/s1. The van der Waals surface area contributed by atoms with Gasteiger partial charge in [-0.25, -0.2) is 9.59 Å². The van der Waals surface area contributed by atoms with Crippen molar-refractivity contribution in [3.63, 3.8) is 0 Å². The van der Waals surface area contributed by atoms with E-state index in [0.29, 0.717) is 0 Å². The molecule has 0 bridgehead atoms. The molecule has 0 unspecified atom stereocenters. The highest BCUT2D eigenvalue weighted by Gasteiger charge is 2.36. The molecule has 0 saturated carbocycles. The van der Waals surface area contributed by atoms with Crippen molar-refractivity contribution in [2.45, 2.75) is 118 Å². The van der Waals surface area contributed by atoms with Crippen LogP contribution in [0.3, 0.4) is 0 Å². The first kappa shape index (κ1) is 42.2. The molecular weight excluding hydrogens is 656 g/mol. The van der Waals surface area contributed by atoms with Crippen molar-refractivity contribution in [2.24, 2.45) is 11.3 Å². The summed E-state index contributed by atoms with van der Waals surface area (Å²) in [5, 5.41) is 10.3. The van der Waals surface area contributed by atoms with Gasteiger partial charge in [0, 0.05) is 0 Å². The average Bonchev–Trinajstić information content (AvgIpc) is 3.03. The lowest BCUT2D eigenvalue weighted by Gasteiger charge is -2.32. The number of benzene rings is 2. The number of amides is 4. The Labute approximate surface area is 300 Å². The molecule has 0 spiro atoms. The molecule has 0 radical (unpaired) electrons. The summed E-state index contributed by atoms with van der Waals surface area (Å²) < 4.78 is 16.2. The zero-order chi connectivity index (χ0) is 38.4. The second-order valence-electron chi connectivity index (χ2n) is 14.9. The number of ether oxygens (including phenoxy) is 3. The van der Waals surface area contributed by atoms with Gasteiger partial charge in [-0.2, -0.15) is 0 Å². The molecule has 4 N–H and O–H groups in total. The van der Waals surface area contributed by atoms with E-state index in [9.17, 15) is 28.8 Å². The first-order valence-electron chi connectivity index (χ1n) is 17.1. The number of nitrogens with one attached hydrogen (secondary N) is 4. The highest BCUT2D eigenvalue weighted by Crippen LogP contribution is 2.20. The van der Waals surface area contributed by atoms with Crippen LogP contribution in [0.2, 0.25) is 0 Å². The highest BCUT2D eigenvalue weighted by molar-refractivity contribution is 5.96. The van der Waals surface area contributed by atoms with Gasteiger partial charge in [-0.1, -0.05) is 95.3 Å². The van der Waals surface area contributed by atoms with Crippen LogP contribution in [-0.2, 0) is 51.4 Å². The van der Waals surface area contributed by atoms with E-state index in [2.05, 4.69) is 21.3 Å². The third-order valence-electron chi connectivity index (χ3n) is 7.32. The van der Waals surface area contributed by atoms with E-state index in [-0.39, 0.29) is 25.6 Å². The topological polar surface area (TPSA) is 178 Å². The Morgan fingerprint density at radius 1 is 0.627 bits per heavy atom. The van der Waals surface area contributed by atoms with Crippen molar-refractivity contribution < 1.29 is 43.0 Å². The maximum atomic E-state index is 13.7. The molecule has 0 aliphatic rings. The molecule has 13 heteroatoms. The molecule has 13 nitrogen and oxygen atoms in total. The second kappa shape index (κ2) is 19.5. The lowest BCUT2D eigenvalue weighted by Crippen LogP contribution is -2.59. The molecule has 0 aliphatic carbocycles. The van der Waals surface area contributed by atoms with Gasteiger partial charge < -0.3 is 35.5 Å². The minimum absolute atomic E-state index is 0.00826. The van der Waals surface area contributed by atoms with Crippen LogP contribution < -0.4 is 21.3 Å². The number of rotatable bonds is 16. The molecule has 0 saturated heterocycles. The Bertz CT molecular complexity index is 1470. The van der Waals surface area contributed by atoms with Crippen LogP contribution in [0.4, 0.5) is 4.79 Å². The van der Waals surface area contributed by atoms with E-state index in [0.717, 1.165) is 11.1 Å². The van der Waals surface area contributed by atoms with Crippen molar-refractivity contribution in [2.75, 3.05) is 0 Å². The normalized spacial score (nSPS) is 13.8. The fraction of sp³-hybridized carbons (Fsp3) is 0.526. The van der Waals surface area contributed by atoms with Crippen LogP contribution >= 0.6 is 0 Å². The highest BCUT2D eigenvalue weighted by atomic mass is 16.6. The summed E-state index contributed by atoms with van der Waals surface area (Å²) in [5.41, 5.74) is -0.0969. The van der Waals surface area contributed by atoms with Gasteiger partial charge in [0.05, 0.1) is 6.42 Å². The van der Waals surface area contributed by atoms with Crippen molar-refractivity contribution in [3.05, 3.63) is 71.8 Å². The van der Waals surface area contributed by atoms with Gasteiger partial charge in [-0.3, -0.25) is 19.2 Å². The maximum absolute atomic E-state index is 13.7. The second-order valence-corrected chi connectivity index (χ2v) is 14.9. The quantitative estimate of drug-likeness (QED) is 0.146. The number of esters is 2. The molecule has 0 heterocycles. The smallest absolute Gasteiger partial charge is 0.408 e. The van der Waals surface area contributed by atoms with E-state index in [1.54, 1.807) is 77.9 Å². The van der Waals surface area contributed by atoms with Crippen molar-refractivity contribution in [3.8, 4) is 0 Å². The Balaban J connectivity index is 2.22. The van der Waals surface area contributed by atoms with Gasteiger partial charge in [0.2, 0.25) is 17.7 Å². The summed E-state index contributed by atoms with van der Waals surface area (Å²) >= 11 is 0. The summed E-state index contributed by atoms with van der Waals surface area (Å²) in [6.07, 6.45) is -1.15. The molecule has 2 aromatic rings. The summed E-state index contributed by atoms with van der Waals surface area (Å²) in [5.74, 6) is -3.76. The van der Waals surface area contributed by atoms with Crippen molar-refractivity contribution in [1.82, 2.24) is 21.3 Å². The van der Waals surface area contributed by atoms with Gasteiger partial charge >= 0.3 is 18.0 Å². The molecule has 0 fully saturated rings. The SMILES string of the molecule is CC(C)C[C@H](NC(=O)[C@H](CC(=O)OCc1ccccc1)NC(=O)[C@H](C)NC(=O)[C@@H](NC(=O)OC(C)(C)C)C(C)(C)C)C(=O)OCc1ccccc1. The Kier molecular flexibility index (Phi) is 16.1. The number of carbonyl (C=O) groups excluding carboxylic acids is 6. The minimum atomic E-state index is -1.48. The lowest BCUT2D eigenvalue weighted by molar-refractivity contribution is -0.150. The molecule has 0 aromatic heterocycles. The predicted molar refractivity (Wildman–Crippen MR) is 191 cm³/mol. The fourth-order valence-corrected chi connectivity index (χ4v) is 4.72. The number of alkyl carbamates (subject to hydrolysis) is 1. The maximum Gasteiger partial charge on any atom is 0.408 e. The van der Waals surface area contributed by atoms with Gasteiger partial charge in [-0.15, -0.1) is 0 Å². The molecule has 0 aliphatic heterocycles. The molecule has 280 valence electrons. The largest absolute Gasteiger partial charge is 0.461 e. The third kappa shape index (κ3) is 16.1. The van der Waals surface area contributed by atoms with Crippen LogP contribution in [0.1, 0.15) is 86.3 Å². The van der Waals surface area contributed by atoms with Gasteiger partial charge in [0.15, 0.2) is 0 Å².